The quantitative estimate of drug-likeness (QED) is 0.797. The molecule has 1 heterocycles. The second kappa shape index (κ2) is 7.12. The van der Waals surface area contributed by atoms with Crippen molar-refractivity contribution in [3.05, 3.63) is 59.9 Å². The maximum atomic E-state index is 13.5. The molecule has 3 N–H and O–H groups in total. The van der Waals surface area contributed by atoms with Crippen LogP contribution in [-0.4, -0.2) is 23.8 Å². The minimum absolute atomic E-state index is 0.0386. The van der Waals surface area contributed by atoms with Gasteiger partial charge in [-0.25, -0.2) is 4.39 Å². The molecule has 7 heteroatoms. The van der Waals surface area contributed by atoms with Gasteiger partial charge in [0.25, 0.3) is 5.91 Å². The molecule has 1 atom stereocenters. The fraction of sp³-hybridized carbons (Fsp3) is 0.167. The highest BCUT2D eigenvalue weighted by Crippen LogP contribution is 2.19. The third kappa shape index (κ3) is 3.82. The normalized spacial score (nSPS) is 16.3. The lowest BCUT2D eigenvalue weighted by atomic mass is 10.1. The molecular weight excluding hydrogens is 325 g/mol. The van der Waals surface area contributed by atoms with Crippen LogP contribution >= 0.6 is 0 Å². The van der Waals surface area contributed by atoms with Crippen molar-refractivity contribution in [1.82, 2.24) is 5.32 Å². The summed E-state index contributed by atoms with van der Waals surface area (Å²) in [5, 5.41) is 7.73. The summed E-state index contributed by atoms with van der Waals surface area (Å²) in [4.78, 5) is 36.4. The van der Waals surface area contributed by atoms with Crippen LogP contribution in [0.2, 0.25) is 0 Å². The summed E-state index contributed by atoms with van der Waals surface area (Å²) >= 11 is 0. The minimum atomic E-state index is -0.841. The molecular formula is C18H16FN3O3. The van der Waals surface area contributed by atoms with E-state index in [1.165, 1.54) is 18.2 Å². The zero-order valence-electron chi connectivity index (χ0n) is 13.2. The molecule has 0 spiro atoms. The van der Waals surface area contributed by atoms with Crippen LogP contribution < -0.4 is 16.0 Å². The van der Waals surface area contributed by atoms with Crippen molar-refractivity contribution in [3.8, 4) is 0 Å². The third-order valence-electron chi connectivity index (χ3n) is 3.86. The first kappa shape index (κ1) is 16.6. The Morgan fingerprint density at radius 1 is 1.08 bits per heavy atom. The Morgan fingerprint density at radius 3 is 2.60 bits per heavy atom. The molecule has 6 nitrogen and oxygen atoms in total. The number of rotatable bonds is 4. The summed E-state index contributed by atoms with van der Waals surface area (Å²) in [6.45, 7) is 0. The summed E-state index contributed by atoms with van der Waals surface area (Å²) in [7, 11) is 0. The molecule has 0 saturated heterocycles. The fourth-order valence-corrected chi connectivity index (χ4v) is 2.57. The van der Waals surface area contributed by atoms with E-state index in [4.69, 9.17) is 0 Å². The predicted octanol–water partition coefficient (Wildman–Crippen LogP) is 2.30. The Kier molecular flexibility index (Phi) is 4.74. The zero-order chi connectivity index (χ0) is 17.8. The van der Waals surface area contributed by atoms with Crippen LogP contribution in [-0.2, 0) is 9.59 Å². The molecule has 0 radical (unpaired) electrons. The number of carbonyl (C=O) groups is 3. The van der Waals surface area contributed by atoms with Crippen molar-refractivity contribution < 1.29 is 18.8 Å². The van der Waals surface area contributed by atoms with Gasteiger partial charge in [0, 0.05) is 6.42 Å². The molecule has 0 bridgehead atoms. The molecule has 0 saturated carbocycles. The van der Waals surface area contributed by atoms with Crippen LogP contribution in [0.5, 0.6) is 0 Å². The minimum Gasteiger partial charge on any atom is -0.340 e. The molecule has 3 rings (SSSR count). The average molecular weight is 341 g/mol. The number of hydrogen-bond donors (Lipinski definition) is 3. The summed E-state index contributed by atoms with van der Waals surface area (Å²) in [6.07, 6.45) is 0.0644. The topological polar surface area (TPSA) is 87.3 Å². The van der Waals surface area contributed by atoms with E-state index in [0.29, 0.717) is 11.3 Å². The van der Waals surface area contributed by atoms with E-state index in [-0.39, 0.29) is 24.4 Å². The number of anilines is 2. The monoisotopic (exact) mass is 341 g/mol. The molecule has 0 unspecified atom stereocenters. The first-order valence-corrected chi connectivity index (χ1v) is 7.80. The second-order valence-corrected chi connectivity index (χ2v) is 5.63. The first-order chi connectivity index (χ1) is 12.0. The van der Waals surface area contributed by atoms with Gasteiger partial charge in [0.15, 0.2) is 0 Å². The molecule has 3 amide bonds. The van der Waals surface area contributed by atoms with Crippen LogP contribution in [0.4, 0.5) is 15.8 Å². The Labute approximate surface area is 143 Å². The van der Waals surface area contributed by atoms with E-state index >= 15 is 0 Å². The Bertz CT molecular complexity index is 838. The van der Waals surface area contributed by atoms with Crippen molar-refractivity contribution in [2.45, 2.75) is 18.9 Å². The number of nitrogens with one attached hydrogen (secondary N) is 3. The maximum absolute atomic E-state index is 13.5. The average Bonchev–Trinajstić information content (AvgIpc) is 2.72. The lowest BCUT2D eigenvalue weighted by Crippen LogP contribution is -2.41. The van der Waals surface area contributed by atoms with Crippen LogP contribution in [0.3, 0.4) is 0 Å². The van der Waals surface area contributed by atoms with E-state index in [1.54, 1.807) is 30.3 Å². The zero-order valence-corrected chi connectivity index (χ0v) is 13.2. The van der Waals surface area contributed by atoms with Gasteiger partial charge in [0.05, 0.1) is 16.9 Å². The second-order valence-electron chi connectivity index (χ2n) is 5.63. The lowest BCUT2D eigenvalue weighted by Gasteiger charge is -2.14. The van der Waals surface area contributed by atoms with Gasteiger partial charge in [0.2, 0.25) is 11.8 Å². The third-order valence-corrected chi connectivity index (χ3v) is 3.86. The number of benzene rings is 2. The van der Waals surface area contributed by atoms with Gasteiger partial charge in [-0.05, 0) is 30.7 Å². The molecule has 128 valence electrons. The van der Waals surface area contributed by atoms with Gasteiger partial charge in [0.1, 0.15) is 11.9 Å². The van der Waals surface area contributed by atoms with E-state index in [1.807, 2.05) is 0 Å². The van der Waals surface area contributed by atoms with E-state index < -0.39 is 23.7 Å². The van der Waals surface area contributed by atoms with Gasteiger partial charge in [-0.3, -0.25) is 14.4 Å². The molecule has 1 aliphatic rings. The van der Waals surface area contributed by atoms with Gasteiger partial charge >= 0.3 is 0 Å². The van der Waals surface area contributed by atoms with Gasteiger partial charge in [-0.15, -0.1) is 0 Å². The first-order valence-electron chi connectivity index (χ1n) is 7.80. The highest BCUT2D eigenvalue weighted by molar-refractivity contribution is 6.09. The van der Waals surface area contributed by atoms with Crippen molar-refractivity contribution >= 4 is 29.1 Å². The number of fused-ring (bicyclic) bond motifs is 1. The van der Waals surface area contributed by atoms with Crippen LogP contribution in [0.25, 0.3) is 0 Å². The van der Waals surface area contributed by atoms with Crippen molar-refractivity contribution in [2.24, 2.45) is 0 Å². The summed E-state index contributed by atoms with van der Waals surface area (Å²) < 4.78 is 13.5. The molecule has 2 aromatic carbocycles. The van der Waals surface area contributed by atoms with Gasteiger partial charge < -0.3 is 16.0 Å². The van der Waals surface area contributed by atoms with Gasteiger partial charge in [-0.2, -0.15) is 0 Å². The molecule has 25 heavy (non-hydrogen) atoms. The molecule has 0 fully saturated rings. The number of para-hydroxylation sites is 2. The fourth-order valence-electron chi connectivity index (χ4n) is 2.57. The molecule has 0 aliphatic carbocycles. The largest absolute Gasteiger partial charge is 0.340 e. The van der Waals surface area contributed by atoms with E-state index in [9.17, 15) is 18.8 Å². The number of hydrogen-bond acceptors (Lipinski definition) is 3. The number of halogens is 1. The van der Waals surface area contributed by atoms with Crippen molar-refractivity contribution in [2.75, 3.05) is 10.6 Å². The molecule has 0 aromatic heterocycles. The highest BCUT2D eigenvalue weighted by Gasteiger charge is 2.27. The number of amides is 3. The summed E-state index contributed by atoms with van der Waals surface area (Å²) in [5.41, 5.74) is 0.881. The Balaban J connectivity index is 1.62. The molecule has 2 aromatic rings. The molecule has 1 aliphatic heterocycles. The highest BCUT2D eigenvalue weighted by atomic mass is 19.1. The van der Waals surface area contributed by atoms with Crippen LogP contribution in [0.1, 0.15) is 23.2 Å². The smallest absolute Gasteiger partial charge is 0.254 e. The summed E-state index contributed by atoms with van der Waals surface area (Å²) in [5.74, 6) is -1.74. The lowest BCUT2D eigenvalue weighted by molar-refractivity contribution is -0.118. The standard InChI is InChI=1S/C18H16FN3O3/c19-12-6-2-4-8-14(12)20-16(23)10-9-15-18(25)21-13-7-3-1-5-11(13)17(24)22-15/h1-8,15H,9-10H2,(H,20,23)(H,21,25)(H,22,24)/t15-/m0/s1. The predicted molar refractivity (Wildman–Crippen MR) is 90.6 cm³/mol. The van der Waals surface area contributed by atoms with E-state index in [2.05, 4.69) is 16.0 Å². The SMILES string of the molecule is O=C(CC[C@@H]1NC(=O)c2ccccc2NC1=O)Nc1ccccc1F. The van der Waals surface area contributed by atoms with Gasteiger partial charge in [-0.1, -0.05) is 24.3 Å². The summed E-state index contributed by atoms with van der Waals surface area (Å²) in [6, 6.07) is 11.6. The Morgan fingerprint density at radius 2 is 1.80 bits per heavy atom. The van der Waals surface area contributed by atoms with E-state index in [0.717, 1.165) is 0 Å². The van der Waals surface area contributed by atoms with Crippen LogP contribution in [0, 0.1) is 5.82 Å². The Hall–Kier alpha value is -3.22. The van der Waals surface area contributed by atoms with Crippen LogP contribution in [0.15, 0.2) is 48.5 Å². The number of carbonyl (C=O) groups excluding carboxylic acids is 3. The maximum Gasteiger partial charge on any atom is 0.254 e. The van der Waals surface area contributed by atoms with Crippen molar-refractivity contribution in [3.63, 3.8) is 0 Å². The van der Waals surface area contributed by atoms with Crippen molar-refractivity contribution in [1.29, 1.82) is 0 Å².